The highest BCUT2D eigenvalue weighted by atomic mass is 16.6. The van der Waals surface area contributed by atoms with Gasteiger partial charge < -0.3 is 9.47 Å². The maximum absolute atomic E-state index is 12.5. The topological polar surface area (TPSA) is 52.6 Å². The molecule has 0 radical (unpaired) electrons. The highest BCUT2D eigenvalue weighted by molar-refractivity contribution is 5.90. The fourth-order valence-electron chi connectivity index (χ4n) is 3.08. The first kappa shape index (κ1) is 22.7. The lowest BCUT2D eigenvalue weighted by molar-refractivity contribution is -0.00187. The molecule has 156 valence electrons. The third-order valence-corrected chi connectivity index (χ3v) is 5.18. The summed E-state index contributed by atoms with van der Waals surface area (Å²) in [6.07, 6.45) is 3.08. The number of aryl methyl sites for hydroxylation is 2. The van der Waals surface area contributed by atoms with Gasteiger partial charge in [-0.1, -0.05) is 52.0 Å². The smallest absolute Gasteiger partial charge is 0.338 e. The van der Waals surface area contributed by atoms with Crippen LogP contribution in [-0.4, -0.2) is 24.1 Å². The van der Waals surface area contributed by atoms with Gasteiger partial charge in [-0.25, -0.2) is 9.59 Å². The predicted molar refractivity (Wildman–Crippen MR) is 115 cm³/mol. The van der Waals surface area contributed by atoms with E-state index in [1.54, 1.807) is 24.3 Å². The van der Waals surface area contributed by atoms with Gasteiger partial charge in [-0.2, -0.15) is 0 Å². The summed E-state index contributed by atoms with van der Waals surface area (Å²) in [4.78, 5) is 24.9. The summed E-state index contributed by atoms with van der Waals surface area (Å²) in [6.45, 7) is 8.09. The molecule has 0 aliphatic rings. The summed E-state index contributed by atoms with van der Waals surface area (Å²) >= 11 is 0. The van der Waals surface area contributed by atoms with Crippen molar-refractivity contribution in [1.29, 1.82) is 0 Å². The Labute approximate surface area is 174 Å². The maximum Gasteiger partial charge on any atom is 0.338 e. The van der Waals surface area contributed by atoms with E-state index in [1.165, 1.54) is 11.1 Å². The van der Waals surface area contributed by atoms with Gasteiger partial charge in [0.25, 0.3) is 0 Å². The Morgan fingerprint density at radius 3 is 1.28 bits per heavy atom. The molecule has 0 N–H and O–H groups in total. The van der Waals surface area contributed by atoms with Gasteiger partial charge in [0.2, 0.25) is 0 Å². The Bertz CT molecular complexity index is 710. The monoisotopic (exact) mass is 396 g/mol. The number of hydrogen-bond donors (Lipinski definition) is 0. The highest BCUT2D eigenvalue weighted by Crippen LogP contribution is 2.17. The lowest BCUT2D eigenvalue weighted by Crippen LogP contribution is -2.27. The van der Waals surface area contributed by atoms with E-state index in [-0.39, 0.29) is 24.1 Å². The van der Waals surface area contributed by atoms with Gasteiger partial charge in [0.15, 0.2) is 0 Å². The number of hydrogen-bond acceptors (Lipinski definition) is 4. The summed E-state index contributed by atoms with van der Waals surface area (Å²) in [5, 5.41) is 0. The molecule has 0 heterocycles. The molecule has 2 rings (SSSR count). The molecule has 0 aliphatic carbocycles. The molecule has 0 saturated heterocycles. The Kier molecular flexibility index (Phi) is 8.91. The van der Waals surface area contributed by atoms with Crippen molar-refractivity contribution in [2.24, 2.45) is 0 Å². The average Bonchev–Trinajstić information content (AvgIpc) is 2.77. The van der Waals surface area contributed by atoms with Gasteiger partial charge in [-0.05, 0) is 61.1 Å². The molecule has 2 aromatic rings. The predicted octanol–water partition coefficient (Wildman–Crippen LogP) is 5.77. The Morgan fingerprint density at radius 1 is 0.655 bits per heavy atom. The molecule has 0 aliphatic heterocycles. The standard InChI is InChI=1S/C25H32O4/c1-5-18-9-13-20(14-10-18)24(26)28-22(7-3)17-23(8-4)29-25(27)21-15-11-19(6-2)12-16-21/h9-16,22-23H,5-8,17H2,1-4H3/t22-,23+. The molecule has 0 aromatic heterocycles. The summed E-state index contributed by atoms with van der Waals surface area (Å²) in [6, 6.07) is 15.0. The first-order valence-corrected chi connectivity index (χ1v) is 10.6. The zero-order valence-corrected chi connectivity index (χ0v) is 17.9. The van der Waals surface area contributed by atoms with E-state index >= 15 is 0 Å². The maximum atomic E-state index is 12.5. The second kappa shape index (κ2) is 11.4. The molecule has 0 spiro atoms. The van der Waals surface area contributed by atoms with Crippen molar-refractivity contribution in [3.63, 3.8) is 0 Å². The van der Waals surface area contributed by atoms with Crippen LogP contribution < -0.4 is 0 Å². The molecular weight excluding hydrogens is 364 g/mol. The Hall–Kier alpha value is -2.62. The fraction of sp³-hybridized carbons (Fsp3) is 0.440. The number of ether oxygens (including phenoxy) is 2. The van der Waals surface area contributed by atoms with Crippen LogP contribution >= 0.6 is 0 Å². The van der Waals surface area contributed by atoms with E-state index in [1.807, 2.05) is 38.1 Å². The minimum Gasteiger partial charge on any atom is -0.459 e. The molecule has 2 aromatic carbocycles. The number of carbonyl (C=O) groups is 2. The average molecular weight is 397 g/mol. The number of rotatable bonds is 10. The first-order valence-electron chi connectivity index (χ1n) is 10.6. The molecule has 29 heavy (non-hydrogen) atoms. The number of carbonyl (C=O) groups excluding carboxylic acids is 2. The summed E-state index contributed by atoms with van der Waals surface area (Å²) in [7, 11) is 0. The second-order valence-corrected chi connectivity index (χ2v) is 7.21. The number of benzene rings is 2. The van der Waals surface area contributed by atoms with Gasteiger partial charge in [-0.3, -0.25) is 0 Å². The van der Waals surface area contributed by atoms with Gasteiger partial charge >= 0.3 is 11.9 Å². The summed E-state index contributed by atoms with van der Waals surface area (Å²) in [5.41, 5.74) is 3.44. The van der Waals surface area contributed by atoms with Crippen molar-refractivity contribution < 1.29 is 19.1 Å². The van der Waals surface area contributed by atoms with Crippen molar-refractivity contribution in [1.82, 2.24) is 0 Å². The van der Waals surface area contributed by atoms with E-state index in [0.29, 0.717) is 30.4 Å². The first-order chi connectivity index (χ1) is 14.0. The van der Waals surface area contributed by atoms with Crippen molar-refractivity contribution >= 4 is 11.9 Å². The molecule has 0 saturated carbocycles. The van der Waals surface area contributed by atoms with Crippen LogP contribution in [0, 0.1) is 0 Å². The summed E-state index contributed by atoms with van der Waals surface area (Å²) in [5.74, 6) is -0.674. The third-order valence-electron chi connectivity index (χ3n) is 5.18. The van der Waals surface area contributed by atoms with Crippen LogP contribution in [0.3, 0.4) is 0 Å². The number of esters is 2. The zero-order chi connectivity index (χ0) is 21.2. The van der Waals surface area contributed by atoms with Crippen molar-refractivity contribution in [2.45, 2.75) is 72.0 Å². The molecule has 4 heteroatoms. The SMILES string of the molecule is CCc1ccc(C(=O)O[C@H](CC)C[C@H](CC)OC(=O)c2ccc(CC)cc2)cc1. The van der Waals surface area contributed by atoms with Gasteiger partial charge in [0.1, 0.15) is 12.2 Å². The molecule has 2 atom stereocenters. The van der Waals surface area contributed by atoms with Crippen LogP contribution in [0.1, 0.15) is 78.8 Å². The minimum atomic E-state index is -0.337. The lowest BCUT2D eigenvalue weighted by Gasteiger charge is -2.22. The Balaban J connectivity index is 1.95. The largest absolute Gasteiger partial charge is 0.459 e. The van der Waals surface area contributed by atoms with Crippen LogP contribution in [-0.2, 0) is 22.3 Å². The quantitative estimate of drug-likeness (QED) is 0.478. The lowest BCUT2D eigenvalue weighted by atomic mass is 10.1. The van der Waals surface area contributed by atoms with Crippen molar-refractivity contribution in [2.75, 3.05) is 0 Å². The molecule has 4 nitrogen and oxygen atoms in total. The normalized spacial score (nSPS) is 12.8. The molecule has 0 amide bonds. The van der Waals surface area contributed by atoms with Gasteiger partial charge in [-0.15, -0.1) is 0 Å². The Morgan fingerprint density at radius 2 is 1.00 bits per heavy atom. The van der Waals surface area contributed by atoms with E-state index in [2.05, 4.69) is 13.8 Å². The van der Waals surface area contributed by atoms with Crippen LogP contribution in [0.25, 0.3) is 0 Å². The van der Waals surface area contributed by atoms with Crippen molar-refractivity contribution in [3.8, 4) is 0 Å². The van der Waals surface area contributed by atoms with E-state index < -0.39 is 0 Å². The highest BCUT2D eigenvalue weighted by Gasteiger charge is 2.22. The third kappa shape index (κ3) is 6.74. The van der Waals surface area contributed by atoms with Crippen LogP contribution in [0.15, 0.2) is 48.5 Å². The fourth-order valence-corrected chi connectivity index (χ4v) is 3.08. The van der Waals surface area contributed by atoms with E-state index in [0.717, 1.165) is 12.8 Å². The van der Waals surface area contributed by atoms with Gasteiger partial charge in [0.05, 0.1) is 11.1 Å². The minimum absolute atomic E-state index is 0.298. The van der Waals surface area contributed by atoms with Crippen molar-refractivity contribution in [3.05, 3.63) is 70.8 Å². The van der Waals surface area contributed by atoms with E-state index in [9.17, 15) is 9.59 Å². The van der Waals surface area contributed by atoms with Crippen LogP contribution in [0.4, 0.5) is 0 Å². The molecule has 0 bridgehead atoms. The van der Waals surface area contributed by atoms with Crippen LogP contribution in [0.5, 0.6) is 0 Å². The van der Waals surface area contributed by atoms with E-state index in [4.69, 9.17) is 9.47 Å². The zero-order valence-electron chi connectivity index (χ0n) is 17.9. The molecular formula is C25H32O4. The second-order valence-electron chi connectivity index (χ2n) is 7.21. The molecule has 0 unspecified atom stereocenters. The summed E-state index contributed by atoms with van der Waals surface area (Å²) < 4.78 is 11.4. The molecule has 0 fully saturated rings. The van der Waals surface area contributed by atoms with Gasteiger partial charge in [0, 0.05) is 6.42 Å². The van der Waals surface area contributed by atoms with Crippen LogP contribution in [0.2, 0.25) is 0 Å².